The van der Waals surface area contributed by atoms with E-state index in [0.717, 1.165) is 19.3 Å². The van der Waals surface area contributed by atoms with Crippen molar-refractivity contribution in [2.75, 3.05) is 32.8 Å². The van der Waals surface area contributed by atoms with E-state index < -0.39 is 6.10 Å². The highest BCUT2D eigenvalue weighted by atomic mass is 16.5. The first kappa shape index (κ1) is 19.6. The number of aliphatic hydroxyl groups is 1. The minimum Gasteiger partial charge on any atom is -0.391 e. The third kappa shape index (κ3) is 5.43. The molecule has 3 rings (SSSR count). The molecule has 0 radical (unpaired) electrons. The molecule has 2 amide bonds. The Hall–Kier alpha value is -1.14. The van der Waals surface area contributed by atoms with Crippen molar-refractivity contribution in [3.05, 3.63) is 0 Å². The summed E-state index contributed by atoms with van der Waals surface area (Å²) in [5, 5.41) is 13.5. The van der Waals surface area contributed by atoms with Crippen LogP contribution in [0.15, 0.2) is 0 Å². The number of rotatable bonds is 5. The van der Waals surface area contributed by atoms with E-state index in [4.69, 9.17) is 4.74 Å². The van der Waals surface area contributed by atoms with E-state index in [2.05, 4.69) is 5.32 Å². The third-order valence-corrected chi connectivity index (χ3v) is 6.36. The smallest absolute Gasteiger partial charge is 0.225 e. The number of β-amino-alcohol motifs (C(OH)–C–C–N with tert-alkyl or cyclic N) is 1. The normalized spacial score (nSPS) is 28.7. The number of nitrogens with zero attached hydrogens (tertiary/aromatic N) is 1. The van der Waals surface area contributed by atoms with Gasteiger partial charge in [-0.3, -0.25) is 9.59 Å². The number of carbonyl (C=O) groups is 2. The van der Waals surface area contributed by atoms with Crippen LogP contribution in [0.4, 0.5) is 0 Å². The minimum atomic E-state index is -0.553. The van der Waals surface area contributed by atoms with Crippen LogP contribution < -0.4 is 5.32 Å². The van der Waals surface area contributed by atoms with E-state index in [1.807, 2.05) is 0 Å². The fourth-order valence-corrected chi connectivity index (χ4v) is 4.59. The molecular formula is C20H34N2O4. The maximum absolute atomic E-state index is 12.6. The van der Waals surface area contributed by atoms with E-state index in [-0.39, 0.29) is 23.7 Å². The molecule has 6 heteroatoms. The molecule has 0 aromatic heterocycles. The molecule has 6 nitrogen and oxygen atoms in total. The second kappa shape index (κ2) is 9.70. The summed E-state index contributed by atoms with van der Waals surface area (Å²) >= 11 is 0. The van der Waals surface area contributed by atoms with E-state index in [1.54, 1.807) is 4.90 Å². The largest absolute Gasteiger partial charge is 0.391 e. The summed E-state index contributed by atoms with van der Waals surface area (Å²) in [7, 11) is 0. The average molecular weight is 367 g/mol. The highest BCUT2D eigenvalue weighted by Gasteiger charge is 2.33. The van der Waals surface area contributed by atoms with Gasteiger partial charge in [-0.05, 0) is 38.0 Å². The van der Waals surface area contributed by atoms with Crippen molar-refractivity contribution in [1.29, 1.82) is 0 Å². The lowest BCUT2D eigenvalue weighted by molar-refractivity contribution is -0.143. The van der Waals surface area contributed by atoms with Gasteiger partial charge in [-0.25, -0.2) is 0 Å². The van der Waals surface area contributed by atoms with Gasteiger partial charge in [0.05, 0.1) is 6.10 Å². The van der Waals surface area contributed by atoms with Gasteiger partial charge >= 0.3 is 0 Å². The Balaban J connectivity index is 1.38. The van der Waals surface area contributed by atoms with Crippen LogP contribution in [0.25, 0.3) is 0 Å². The summed E-state index contributed by atoms with van der Waals surface area (Å²) in [5.74, 6) is 0.899. The first-order chi connectivity index (χ1) is 12.6. The van der Waals surface area contributed by atoms with Gasteiger partial charge in [0.2, 0.25) is 11.8 Å². The van der Waals surface area contributed by atoms with Crippen LogP contribution in [0.1, 0.15) is 57.8 Å². The summed E-state index contributed by atoms with van der Waals surface area (Å²) in [6.45, 7) is 2.90. The van der Waals surface area contributed by atoms with Crippen molar-refractivity contribution in [1.82, 2.24) is 10.2 Å². The van der Waals surface area contributed by atoms with Crippen LogP contribution in [-0.4, -0.2) is 60.8 Å². The predicted octanol–water partition coefficient (Wildman–Crippen LogP) is 1.71. The topological polar surface area (TPSA) is 78.9 Å². The lowest BCUT2D eigenvalue weighted by Gasteiger charge is -2.38. The molecular weight excluding hydrogens is 332 g/mol. The number of piperidine rings is 1. The van der Waals surface area contributed by atoms with E-state index in [1.165, 1.54) is 32.1 Å². The van der Waals surface area contributed by atoms with Crippen LogP contribution in [-0.2, 0) is 14.3 Å². The number of nitrogens with one attached hydrogen (secondary N) is 1. The number of hydrogen-bond acceptors (Lipinski definition) is 4. The molecule has 0 aromatic rings. The molecule has 2 heterocycles. The molecule has 1 aliphatic carbocycles. The molecule has 0 aromatic carbocycles. The number of likely N-dealkylation sites (tertiary alicyclic amines) is 1. The van der Waals surface area contributed by atoms with Crippen molar-refractivity contribution in [3.8, 4) is 0 Å². The molecule has 2 saturated heterocycles. The van der Waals surface area contributed by atoms with Crippen molar-refractivity contribution in [2.24, 2.45) is 17.8 Å². The molecule has 0 unspecified atom stereocenters. The van der Waals surface area contributed by atoms with Gasteiger partial charge in [-0.15, -0.1) is 0 Å². The molecule has 2 atom stereocenters. The van der Waals surface area contributed by atoms with Gasteiger partial charge in [0.25, 0.3) is 0 Å². The lowest BCUT2D eigenvalue weighted by Crippen LogP contribution is -2.51. The number of ether oxygens (including phenoxy) is 1. The van der Waals surface area contributed by atoms with Gasteiger partial charge in [0.1, 0.15) is 0 Å². The van der Waals surface area contributed by atoms with Gasteiger partial charge in [0, 0.05) is 51.1 Å². The van der Waals surface area contributed by atoms with Crippen molar-refractivity contribution < 1.29 is 19.4 Å². The summed E-state index contributed by atoms with van der Waals surface area (Å²) in [4.78, 5) is 26.6. The highest BCUT2D eigenvalue weighted by Crippen LogP contribution is 2.26. The third-order valence-electron chi connectivity index (χ3n) is 6.36. The Morgan fingerprint density at radius 1 is 1.04 bits per heavy atom. The number of carbonyl (C=O) groups excluding carboxylic acids is 2. The zero-order valence-corrected chi connectivity index (χ0v) is 15.8. The summed E-state index contributed by atoms with van der Waals surface area (Å²) in [6, 6.07) is 0. The van der Waals surface area contributed by atoms with Gasteiger partial charge in [-0.2, -0.15) is 0 Å². The first-order valence-electron chi connectivity index (χ1n) is 10.4. The van der Waals surface area contributed by atoms with E-state index in [0.29, 0.717) is 45.2 Å². The van der Waals surface area contributed by atoms with Crippen LogP contribution in [0, 0.1) is 17.8 Å². The Morgan fingerprint density at radius 2 is 1.77 bits per heavy atom. The van der Waals surface area contributed by atoms with Crippen LogP contribution in [0.2, 0.25) is 0 Å². The molecule has 0 spiro atoms. The van der Waals surface area contributed by atoms with Crippen molar-refractivity contribution in [3.63, 3.8) is 0 Å². The van der Waals surface area contributed by atoms with Crippen LogP contribution >= 0.6 is 0 Å². The van der Waals surface area contributed by atoms with Crippen molar-refractivity contribution >= 4 is 11.8 Å². The fraction of sp³-hybridized carbons (Fsp3) is 0.900. The summed E-state index contributed by atoms with van der Waals surface area (Å²) in [6.07, 6.45) is 8.52. The summed E-state index contributed by atoms with van der Waals surface area (Å²) in [5.41, 5.74) is 0. The summed E-state index contributed by atoms with van der Waals surface area (Å²) < 4.78 is 5.32. The Morgan fingerprint density at radius 3 is 2.46 bits per heavy atom. The van der Waals surface area contributed by atoms with Gasteiger partial charge < -0.3 is 20.1 Å². The Labute approximate surface area is 156 Å². The quantitative estimate of drug-likeness (QED) is 0.776. The zero-order valence-electron chi connectivity index (χ0n) is 15.8. The Kier molecular flexibility index (Phi) is 7.32. The monoisotopic (exact) mass is 366 g/mol. The average Bonchev–Trinajstić information content (AvgIpc) is 2.68. The molecule has 2 aliphatic heterocycles. The standard InChI is InChI=1S/C20H34N2O4/c23-18-14-22(20(25)16-7-10-26-11-8-16)9-6-17(18)13-21-19(24)12-15-4-2-1-3-5-15/h15-18,23H,1-14H2,(H,21,24)/t17-,18+/m0/s1. The second-order valence-electron chi connectivity index (χ2n) is 8.30. The molecule has 0 bridgehead atoms. The minimum absolute atomic E-state index is 0.0442. The number of aliphatic hydroxyl groups excluding tert-OH is 1. The first-order valence-corrected chi connectivity index (χ1v) is 10.4. The maximum atomic E-state index is 12.6. The fourth-order valence-electron chi connectivity index (χ4n) is 4.59. The number of hydrogen-bond donors (Lipinski definition) is 2. The molecule has 2 N–H and O–H groups in total. The van der Waals surface area contributed by atoms with Crippen LogP contribution in [0.3, 0.4) is 0 Å². The van der Waals surface area contributed by atoms with E-state index in [9.17, 15) is 14.7 Å². The number of amides is 2. The van der Waals surface area contributed by atoms with Crippen LogP contribution in [0.5, 0.6) is 0 Å². The van der Waals surface area contributed by atoms with E-state index >= 15 is 0 Å². The maximum Gasteiger partial charge on any atom is 0.225 e. The lowest BCUT2D eigenvalue weighted by atomic mass is 9.86. The Bertz CT molecular complexity index is 472. The molecule has 1 saturated carbocycles. The molecule has 148 valence electrons. The second-order valence-corrected chi connectivity index (χ2v) is 8.30. The highest BCUT2D eigenvalue weighted by molar-refractivity contribution is 5.79. The van der Waals surface area contributed by atoms with Crippen molar-refractivity contribution in [2.45, 2.75) is 63.9 Å². The SMILES string of the molecule is O=C(CC1CCCCC1)NC[C@@H]1CCN(C(=O)C2CCOCC2)C[C@H]1O. The van der Waals surface area contributed by atoms with Gasteiger partial charge in [-0.1, -0.05) is 19.3 Å². The van der Waals surface area contributed by atoms with Gasteiger partial charge in [0.15, 0.2) is 0 Å². The molecule has 3 fully saturated rings. The molecule has 3 aliphatic rings. The zero-order chi connectivity index (χ0) is 18.4. The predicted molar refractivity (Wildman–Crippen MR) is 98.4 cm³/mol. The molecule has 26 heavy (non-hydrogen) atoms.